The molecule has 0 aromatic heterocycles. The molecule has 0 amide bonds. The number of hydrogen-bond acceptors (Lipinski definition) is 4. The van der Waals surface area contributed by atoms with Crippen LogP contribution in [0.3, 0.4) is 0 Å². The molecule has 6 heteroatoms. The predicted molar refractivity (Wildman–Crippen MR) is 59.8 cm³/mol. The van der Waals surface area contributed by atoms with Gasteiger partial charge in [0.25, 0.3) is 0 Å². The quantitative estimate of drug-likeness (QED) is 0.740. The van der Waals surface area contributed by atoms with Gasteiger partial charge in [0.05, 0.1) is 6.10 Å². The first-order valence-electron chi connectivity index (χ1n) is 5.61. The molecular formula is C10H17NO4S. The second-order valence-electron chi connectivity index (χ2n) is 4.31. The summed E-state index contributed by atoms with van der Waals surface area (Å²) in [5.74, 6) is 0.603. The highest BCUT2D eigenvalue weighted by atomic mass is 32.2. The minimum absolute atomic E-state index is 0.0348. The summed E-state index contributed by atoms with van der Waals surface area (Å²) in [6.07, 6.45) is 0.840. The Morgan fingerprint density at radius 1 is 1.38 bits per heavy atom. The van der Waals surface area contributed by atoms with E-state index < -0.39 is 22.9 Å². The fraction of sp³-hybridized carbons (Fsp3) is 0.900. The standard InChI is InChI=1S/C10H17NO4S/c12-10(13)9-2-1-8(15-9)7-11-3-5-16(14)6-4-11/h8-9H,1-7H2,(H,12,13). The molecule has 92 valence electrons. The number of nitrogens with zero attached hydrogens (tertiary/aromatic N) is 1. The van der Waals surface area contributed by atoms with Crippen molar-refractivity contribution >= 4 is 16.8 Å². The van der Waals surface area contributed by atoms with Gasteiger partial charge in [-0.1, -0.05) is 0 Å². The maximum absolute atomic E-state index is 11.2. The van der Waals surface area contributed by atoms with Gasteiger partial charge in [-0.25, -0.2) is 4.79 Å². The smallest absolute Gasteiger partial charge is 0.332 e. The first-order chi connectivity index (χ1) is 7.65. The van der Waals surface area contributed by atoms with Crippen molar-refractivity contribution in [2.24, 2.45) is 0 Å². The Hall–Kier alpha value is -0.460. The highest BCUT2D eigenvalue weighted by Gasteiger charge is 2.31. The van der Waals surface area contributed by atoms with E-state index in [-0.39, 0.29) is 6.10 Å². The summed E-state index contributed by atoms with van der Waals surface area (Å²) in [7, 11) is -0.655. The van der Waals surface area contributed by atoms with E-state index in [4.69, 9.17) is 9.84 Å². The summed E-state index contributed by atoms with van der Waals surface area (Å²) >= 11 is 0. The van der Waals surface area contributed by atoms with E-state index >= 15 is 0 Å². The van der Waals surface area contributed by atoms with E-state index in [2.05, 4.69) is 4.90 Å². The third-order valence-corrected chi connectivity index (χ3v) is 4.39. The SMILES string of the molecule is O=C(O)C1CCC(CN2CCS(=O)CC2)O1. The van der Waals surface area contributed by atoms with Crippen LogP contribution >= 0.6 is 0 Å². The number of carbonyl (C=O) groups is 1. The molecule has 0 aromatic carbocycles. The van der Waals surface area contributed by atoms with E-state index in [1.165, 1.54) is 0 Å². The van der Waals surface area contributed by atoms with Crippen LogP contribution in [0.1, 0.15) is 12.8 Å². The van der Waals surface area contributed by atoms with Crippen LogP contribution in [0.5, 0.6) is 0 Å². The summed E-state index contributed by atoms with van der Waals surface area (Å²) in [4.78, 5) is 12.9. The van der Waals surface area contributed by atoms with Crippen molar-refractivity contribution in [1.29, 1.82) is 0 Å². The van der Waals surface area contributed by atoms with Crippen LogP contribution in [0.25, 0.3) is 0 Å². The van der Waals surface area contributed by atoms with Crippen LogP contribution in [0.15, 0.2) is 0 Å². The molecule has 2 heterocycles. The molecule has 16 heavy (non-hydrogen) atoms. The van der Waals surface area contributed by atoms with Crippen molar-refractivity contribution in [3.63, 3.8) is 0 Å². The van der Waals surface area contributed by atoms with Crippen molar-refractivity contribution in [3.05, 3.63) is 0 Å². The van der Waals surface area contributed by atoms with Gasteiger partial charge >= 0.3 is 5.97 Å². The van der Waals surface area contributed by atoms with E-state index in [1.807, 2.05) is 0 Å². The molecule has 0 aromatic rings. The van der Waals surface area contributed by atoms with Gasteiger partial charge in [0.2, 0.25) is 0 Å². The Balaban J connectivity index is 1.74. The lowest BCUT2D eigenvalue weighted by Crippen LogP contribution is -2.42. The maximum atomic E-state index is 11.2. The van der Waals surface area contributed by atoms with Crippen molar-refractivity contribution in [2.75, 3.05) is 31.1 Å². The molecule has 0 saturated carbocycles. The van der Waals surface area contributed by atoms with Crippen molar-refractivity contribution < 1.29 is 18.8 Å². The summed E-state index contributed by atoms with van der Waals surface area (Å²) in [6, 6.07) is 0. The number of rotatable bonds is 3. The fourth-order valence-corrected chi connectivity index (χ4v) is 3.30. The molecular weight excluding hydrogens is 230 g/mol. The number of carboxylic acid groups (broad SMARTS) is 1. The van der Waals surface area contributed by atoms with E-state index in [0.717, 1.165) is 37.6 Å². The van der Waals surface area contributed by atoms with Crippen LogP contribution in [-0.2, 0) is 20.3 Å². The Morgan fingerprint density at radius 2 is 2.06 bits per heavy atom. The number of ether oxygens (including phenoxy) is 1. The van der Waals surface area contributed by atoms with Gasteiger partial charge in [0.15, 0.2) is 6.10 Å². The number of hydrogen-bond donors (Lipinski definition) is 1. The molecule has 2 aliphatic heterocycles. The Kier molecular flexibility index (Phi) is 3.94. The average Bonchev–Trinajstić information content (AvgIpc) is 2.70. The predicted octanol–water partition coefficient (Wildman–Crippen LogP) is -0.317. The highest BCUT2D eigenvalue weighted by molar-refractivity contribution is 7.85. The van der Waals surface area contributed by atoms with Gasteiger partial charge in [0.1, 0.15) is 0 Å². The number of aliphatic carboxylic acids is 1. The van der Waals surface area contributed by atoms with Crippen molar-refractivity contribution in [3.8, 4) is 0 Å². The first-order valence-corrected chi connectivity index (χ1v) is 7.09. The Bertz CT molecular complexity index is 287. The topological polar surface area (TPSA) is 66.8 Å². The molecule has 0 bridgehead atoms. The molecule has 5 nitrogen and oxygen atoms in total. The van der Waals surface area contributed by atoms with Gasteiger partial charge in [-0.3, -0.25) is 9.11 Å². The zero-order valence-electron chi connectivity index (χ0n) is 9.13. The van der Waals surface area contributed by atoms with Gasteiger partial charge in [-0.15, -0.1) is 0 Å². The normalized spacial score (nSPS) is 33.0. The lowest BCUT2D eigenvalue weighted by atomic mass is 10.2. The second-order valence-corrected chi connectivity index (χ2v) is 6.01. The van der Waals surface area contributed by atoms with Crippen LogP contribution in [0, 0.1) is 0 Å². The van der Waals surface area contributed by atoms with Crippen LogP contribution in [0.2, 0.25) is 0 Å². The molecule has 2 unspecified atom stereocenters. The molecule has 2 fully saturated rings. The summed E-state index contributed by atoms with van der Waals surface area (Å²) < 4.78 is 16.6. The van der Waals surface area contributed by atoms with Gasteiger partial charge in [-0.2, -0.15) is 0 Å². The largest absolute Gasteiger partial charge is 0.479 e. The third kappa shape index (κ3) is 3.02. The Labute approximate surface area is 97.2 Å². The number of carboxylic acids is 1. The van der Waals surface area contributed by atoms with Crippen LogP contribution in [-0.4, -0.2) is 63.5 Å². The monoisotopic (exact) mass is 247 g/mol. The molecule has 1 N–H and O–H groups in total. The van der Waals surface area contributed by atoms with Gasteiger partial charge in [-0.05, 0) is 12.8 Å². The molecule has 0 radical (unpaired) electrons. The van der Waals surface area contributed by atoms with E-state index in [9.17, 15) is 9.00 Å². The highest BCUT2D eigenvalue weighted by Crippen LogP contribution is 2.21. The average molecular weight is 247 g/mol. The minimum Gasteiger partial charge on any atom is -0.479 e. The zero-order chi connectivity index (χ0) is 11.5. The third-order valence-electron chi connectivity index (χ3n) is 3.12. The van der Waals surface area contributed by atoms with E-state index in [0.29, 0.717) is 6.42 Å². The Morgan fingerprint density at radius 3 is 2.62 bits per heavy atom. The molecule has 2 aliphatic rings. The van der Waals surface area contributed by atoms with Gasteiger partial charge < -0.3 is 9.84 Å². The van der Waals surface area contributed by atoms with Gasteiger partial charge in [0, 0.05) is 41.9 Å². The summed E-state index contributed by atoms with van der Waals surface area (Å²) in [5.41, 5.74) is 0. The zero-order valence-corrected chi connectivity index (χ0v) is 9.95. The van der Waals surface area contributed by atoms with Crippen LogP contribution in [0.4, 0.5) is 0 Å². The molecule has 2 rings (SSSR count). The van der Waals surface area contributed by atoms with Crippen molar-refractivity contribution in [2.45, 2.75) is 25.0 Å². The van der Waals surface area contributed by atoms with E-state index in [1.54, 1.807) is 0 Å². The fourth-order valence-electron chi connectivity index (χ4n) is 2.17. The first kappa shape index (κ1) is 12.0. The van der Waals surface area contributed by atoms with Crippen LogP contribution < -0.4 is 0 Å². The molecule has 2 atom stereocenters. The minimum atomic E-state index is -0.859. The molecule has 0 spiro atoms. The lowest BCUT2D eigenvalue weighted by molar-refractivity contribution is -0.149. The maximum Gasteiger partial charge on any atom is 0.332 e. The molecule has 2 saturated heterocycles. The second kappa shape index (κ2) is 5.25. The summed E-state index contributed by atoms with van der Waals surface area (Å²) in [5, 5.41) is 8.79. The molecule has 0 aliphatic carbocycles. The lowest BCUT2D eigenvalue weighted by Gasteiger charge is -2.28. The summed E-state index contributed by atoms with van der Waals surface area (Å²) in [6.45, 7) is 2.45. The van der Waals surface area contributed by atoms with Crippen molar-refractivity contribution in [1.82, 2.24) is 4.90 Å².